The zero-order chi connectivity index (χ0) is 15.5. The normalized spacial score (nSPS) is 19.3. The topological polar surface area (TPSA) is 41.6 Å². The Bertz CT molecular complexity index is 505. The summed E-state index contributed by atoms with van der Waals surface area (Å²) < 4.78 is 44.4. The molecule has 1 fully saturated rings. The monoisotopic (exact) mass is 302 g/mol. The molecule has 4 nitrogen and oxygen atoms in total. The van der Waals surface area contributed by atoms with Crippen molar-refractivity contribution in [1.82, 2.24) is 10.2 Å². The minimum atomic E-state index is -4.45. The van der Waals surface area contributed by atoms with Crippen molar-refractivity contribution < 1.29 is 22.7 Å². The van der Waals surface area contributed by atoms with E-state index in [1.165, 1.54) is 23.1 Å². The van der Waals surface area contributed by atoms with E-state index in [0.717, 1.165) is 6.07 Å². The van der Waals surface area contributed by atoms with Crippen LogP contribution in [0.25, 0.3) is 0 Å². The number of ether oxygens (including phenoxy) is 1. The van der Waals surface area contributed by atoms with Crippen LogP contribution in [0.2, 0.25) is 0 Å². The van der Waals surface area contributed by atoms with Crippen molar-refractivity contribution in [1.29, 1.82) is 0 Å². The van der Waals surface area contributed by atoms with E-state index >= 15 is 0 Å². The largest absolute Gasteiger partial charge is 0.416 e. The van der Waals surface area contributed by atoms with Gasteiger partial charge < -0.3 is 9.64 Å². The molecular weight excluding hydrogens is 285 g/mol. The summed E-state index contributed by atoms with van der Waals surface area (Å²) in [5, 5.41) is 2.83. The maximum atomic E-state index is 13.1. The predicted molar refractivity (Wildman–Crippen MR) is 70.4 cm³/mol. The molecule has 7 heteroatoms. The molecule has 21 heavy (non-hydrogen) atoms. The van der Waals surface area contributed by atoms with Gasteiger partial charge in [0, 0.05) is 18.7 Å². The third-order valence-electron chi connectivity index (χ3n) is 3.32. The van der Waals surface area contributed by atoms with Gasteiger partial charge in [-0.1, -0.05) is 18.2 Å². The Balaban J connectivity index is 2.26. The molecule has 1 aliphatic heterocycles. The fourth-order valence-corrected chi connectivity index (χ4v) is 2.37. The molecule has 0 spiro atoms. The molecule has 1 aliphatic rings. The quantitative estimate of drug-likeness (QED) is 0.848. The van der Waals surface area contributed by atoms with Gasteiger partial charge in [-0.15, -0.1) is 0 Å². The van der Waals surface area contributed by atoms with E-state index in [1.54, 1.807) is 0 Å². The Morgan fingerprint density at radius 1 is 1.38 bits per heavy atom. The first kappa shape index (κ1) is 15.8. The van der Waals surface area contributed by atoms with Gasteiger partial charge in [0.05, 0.1) is 18.7 Å². The van der Waals surface area contributed by atoms with Gasteiger partial charge in [-0.2, -0.15) is 13.2 Å². The summed E-state index contributed by atoms with van der Waals surface area (Å²) in [5.74, 6) is -0.225. The molecule has 0 bridgehead atoms. The van der Waals surface area contributed by atoms with Crippen LogP contribution < -0.4 is 5.32 Å². The highest BCUT2D eigenvalue weighted by Crippen LogP contribution is 2.36. The van der Waals surface area contributed by atoms with Crippen molar-refractivity contribution in [3.8, 4) is 0 Å². The second-order valence-electron chi connectivity index (χ2n) is 4.65. The second kappa shape index (κ2) is 6.44. The number of amides is 1. The van der Waals surface area contributed by atoms with Gasteiger partial charge in [0.25, 0.3) is 0 Å². The van der Waals surface area contributed by atoms with Crippen molar-refractivity contribution in [2.24, 2.45) is 0 Å². The number of nitrogens with one attached hydrogen (secondary N) is 1. The molecule has 1 atom stereocenters. The summed E-state index contributed by atoms with van der Waals surface area (Å²) in [6.45, 7) is 2.91. The lowest BCUT2D eigenvalue weighted by atomic mass is 10.0. The summed E-state index contributed by atoms with van der Waals surface area (Å²) in [6, 6.07) is 5.30. The molecule has 1 unspecified atom stereocenters. The van der Waals surface area contributed by atoms with E-state index in [2.05, 4.69) is 5.32 Å². The Hall–Kier alpha value is -1.60. The first-order chi connectivity index (χ1) is 9.95. The zero-order valence-corrected chi connectivity index (χ0v) is 11.6. The highest BCUT2D eigenvalue weighted by molar-refractivity contribution is 5.81. The van der Waals surface area contributed by atoms with Crippen molar-refractivity contribution in [3.63, 3.8) is 0 Å². The number of nitrogens with zero attached hydrogens (tertiary/aromatic N) is 1. The third-order valence-corrected chi connectivity index (χ3v) is 3.32. The van der Waals surface area contributed by atoms with E-state index in [-0.39, 0.29) is 24.6 Å². The standard InChI is InChI=1S/C14H17F3N2O2/c1-2-21-8-7-19-12(20)9-18-13(19)10-5-3-4-6-11(10)14(15,16)17/h3-6,13,18H,2,7-9H2,1H3. The van der Waals surface area contributed by atoms with Gasteiger partial charge in [-0.3, -0.25) is 10.1 Å². The highest BCUT2D eigenvalue weighted by Gasteiger charge is 2.39. The Morgan fingerprint density at radius 2 is 2.10 bits per heavy atom. The van der Waals surface area contributed by atoms with Crippen LogP contribution in [0.3, 0.4) is 0 Å². The van der Waals surface area contributed by atoms with Gasteiger partial charge in [-0.25, -0.2) is 0 Å². The van der Waals surface area contributed by atoms with Crippen molar-refractivity contribution in [3.05, 3.63) is 35.4 Å². The fraction of sp³-hybridized carbons (Fsp3) is 0.500. The molecule has 1 aromatic rings. The smallest absolute Gasteiger partial charge is 0.380 e. The number of hydrogen-bond acceptors (Lipinski definition) is 3. The molecule has 1 heterocycles. The lowest BCUT2D eigenvalue weighted by Crippen LogP contribution is -2.34. The number of rotatable bonds is 5. The van der Waals surface area contributed by atoms with Crippen LogP contribution in [0.4, 0.5) is 13.2 Å². The zero-order valence-electron chi connectivity index (χ0n) is 11.6. The van der Waals surface area contributed by atoms with E-state index in [0.29, 0.717) is 13.2 Å². The van der Waals surface area contributed by atoms with Crippen molar-refractivity contribution >= 4 is 5.91 Å². The number of hydrogen-bond donors (Lipinski definition) is 1. The maximum Gasteiger partial charge on any atom is 0.416 e. The number of alkyl halides is 3. The lowest BCUT2D eigenvalue weighted by molar-refractivity contribution is -0.139. The summed E-state index contributed by atoms with van der Waals surface area (Å²) in [4.78, 5) is 13.2. The summed E-state index contributed by atoms with van der Waals surface area (Å²) >= 11 is 0. The molecule has 1 N–H and O–H groups in total. The average molecular weight is 302 g/mol. The van der Waals surface area contributed by atoms with Crippen molar-refractivity contribution in [2.75, 3.05) is 26.3 Å². The van der Waals surface area contributed by atoms with Gasteiger partial charge in [-0.05, 0) is 13.0 Å². The van der Waals surface area contributed by atoms with E-state index in [9.17, 15) is 18.0 Å². The Morgan fingerprint density at radius 3 is 2.76 bits per heavy atom. The molecule has 0 saturated carbocycles. The Kier molecular flexibility index (Phi) is 4.84. The van der Waals surface area contributed by atoms with Crippen LogP contribution in [0.15, 0.2) is 24.3 Å². The molecular formula is C14H17F3N2O2. The summed E-state index contributed by atoms with van der Waals surface area (Å²) in [6.07, 6.45) is -5.22. The van der Waals surface area contributed by atoms with Crippen LogP contribution in [-0.4, -0.2) is 37.1 Å². The first-order valence-electron chi connectivity index (χ1n) is 6.72. The van der Waals surface area contributed by atoms with Crippen LogP contribution in [-0.2, 0) is 15.7 Å². The minimum absolute atomic E-state index is 0.0307. The van der Waals surface area contributed by atoms with Crippen LogP contribution in [0.5, 0.6) is 0 Å². The van der Waals surface area contributed by atoms with E-state index in [1.807, 2.05) is 6.92 Å². The molecule has 1 amide bonds. The molecule has 1 aromatic carbocycles. The second-order valence-corrected chi connectivity index (χ2v) is 4.65. The SMILES string of the molecule is CCOCCN1C(=O)CNC1c1ccccc1C(F)(F)F. The average Bonchev–Trinajstić information content (AvgIpc) is 2.80. The number of halogens is 3. The molecule has 116 valence electrons. The van der Waals surface area contributed by atoms with Crippen LogP contribution in [0, 0.1) is 0 Å². The third kappa shape index (κ3) is 3.54. The number of benzene rings is 1. The van der Waals surface area contributed by atoms with Gasteiger partial charge >= 0.3 is 6.18 Å². The fourth-order valence-electron chi connectivity index (χ4n) is 2.37. The van der Waals surface area contributed by atoms with Crippen LogP contribution >= 0.6 is 0 Å². The molecule has 0 radical (unpaired) electrons. The van der Waals surface area contributed by atoms with Gasteiger partial charge in [0.1, 0.15) is 6.17 Å². The van der Waals surface area contributed by atoms with Gasteiger partial charge in [0.15, 0.2) is 0 Å². The number of carbonyl (C=O) groups excluding carboxylic acids is 1. The maximum absolute atomic E-state index is 13.1. The summed E-state index contributed by atoms with van der Waals surface area (Å²) in [5.41, 5.74) is -0.661. The van der Waals surface area contributed by atoms with Crippen molar-refractivity contribution in [2.45, 2.75) is 19.3 Å². The molecule has 0 aliphatic carbocycles. The highest BCUT2D eigenvalue weighted by atomic mass is 19.4. The lowest BCUT2D eigenvalue weighted by Gasteiger charge is -2.26. The molecule has 0 aromatic heterocycles. The van der Waals surface area contributed by atoms with E-state index in [4.69, 9.17) is 4.74 Å². The van der Waals surface area contributed by atoms with E-state index < -0.39 is 17.9 Å². The Labute approximate surface area is 120 Å². The first-order valence-corrected chi connectivity index (χ1v) is 6.72. The molecule has 2 rings (SSSR count). The summed E-state index contributed by atoms with van der Waals surface area (Å²) in [7, 11) is 0. The molecule has 1 saturated heterocycles. The number of carbonyl (C=O) groups is 1. The van der Waals surface area contributed by atoms with Gasteiger partial charge in [0.2, 0.25) is 5.91 Å². The van der Waals surface area contributed by atoms with Crippen LogP contribution in [0.1, 0.15) is 24.2 Å². The minimum Gasteiger partial charge on any atom is -0.380 e. The predicted octanol–water partition coefficient (Wildman–Crippen LogP) is 2.17.